The van der Waals surface area contributed by atoms with E-state index in [0.717, 1.165) is 0 Å². The summed E-state index contributed by atoms with van der Waals surface area (Å²) in [5.41, 5.74) is 2.78. The maximum atomic E-state index is 11.5. The van der Waals surface area contributed by atoms with Crippen molar-refractivity contribution in [2.45, 2.75) is 13.8 Å². The number of carbonyl (C=O) groups excluding carboxylic acids is 2. The lowest BCUT2D eigenvalue weighted by Crippen LogP contribution is -2.39. The van der Waals surface area contributed by atoms with Crippen molar-refractivity contribution in [2.24, 2.45) is 11.0 Å². The Morgan fingerprint density at radius 3 is 2.55 bits per heavy atom. The summed E-state index contributed by atoms with van der Waals surface area (Å²) in [6.45, 7) is 4.30. The quantitative estimate of drug-likeness (QED) is 0.465. The monoisotopic (exact) mass is 307 g/mol. The first kappa shape index (κ1) is 17.5. The second kappa shape index (κ2) is 8.66. The number of rotatable bonds is 6. The molecular weight excluding hydrogens is 286 g/mol. The fraction of sp³-hybridized carbons (Fsp3) is 0.400. The summed E-state index contributed by atoms with van der Waals surface area (Å²) in [4.78, 5) is 23.0. The topological polar surface area (TPSA) is 89.0 Å². The zero-order chi connectivity index (χ0) is 16.5. The van der Waals surface area contributed by atoms with Gasteiger partial charge in [-0.25, -0.2) is 5.43 Å². The second-order valence-electron chi connectivity index (χ2n) is 4.89. The fourth-order valence-electron chi connectivity index (χ4n) is 1.60. The van der Waals surface area contributed by atoms with E-state index < -0.39 is 11.8 Å². The molecular formula is C15H21N3O4. The average Bonchev–Trinajstić information content (AvgIpc) is 2.51. The number of hydrazone groups is 1. The third kappa shape index (κ3) is 5.08. The van der Waals surface area contributed by atoms with Gasteiger partial charge in [0, 0.05) is 12.1 Å². The van der Waals surface area contributed by atoms with E-state index >= 15 is 0 Å². The summed E-state index contributed by atoms with van der Waals surface area (Å²) in [6, 6.07) is 5.25. The molecule has 1 rings (SSSR count). The van der Waals surface area contributed by atoms with E-state index in [1.165, 1.54) is 20.4 Å². The van der Waals surface area contributed by atoms with Crippen LogP contribution in [0.25, 0.3) is 0 Å². The highest BCUT2D eigenvalue weighted by Gasteiger charge is 2.12. The maximum absolute atomic E-state index is 11.5. The Balaban J connectivity index is 2.66. The summed E-state index contributed by atoms with van der Waals surface area (Å²) in [6.07, 6.45) is 1.38. The van der Waals surface area contributed by atoms with Crippen LogP contribution in [-0.2, 0) is 9.59 Å². The predicted octanol–water partition coefficient (Wildman–Crippen LogP) is 0.926. The molecule has 22 heavy (non-hydrogen) atoms. The van der Waals surface area contributed by atoms with Crippen molar-refractivity contribution >= 4 is 18.0 Å². The molecule has 0 heterocycles. The highest BCUT2D eigenvalue weighted by Crippen LogP contribution is 2.29. The number of benzene rings is 1. The SMILES string of the molecule is COc1cccc(/C=N/NC(=O)C(=O)NCC(C)C)c1OC. The molecule has 0 unspecified atom stereocenters. The van der Waals surface area contributed by atoms with Gasteiger partial charge < -0.3 is 14.8 Å². The van der Waals surface area contributed by atoms with E-state index in [1.54, 1.807) is 18.2 Å². The Morgan fingerprint density at radius 1 is 1.23 bits per heavy atom. The molecule has 0 saturated heterocycles. The molecule has 0 saturated carbocycles. The van der Waals surface area contributed by atoms with Crippen molar-refractivity contribution in [1.29, 1.82) is 0 Å². The summed E-state index contributed by atoms with van der Waals surface area (Å²) < 4.78 is 10.4. The minimum atomic E-state index is -0.821. The lowest BCUT2D eigenvalue weighted by Gasteiger charge is -2.09. The molecule has 0 spiro atoms. The fourth-order valence-corrected chi connectivity index (χ4v) is 1.60. The normalized spacial score (nSPS) is 10.6. The Morgan fingerprint density at radius 2 is 1.95 bits per heavy atom. The van der Waals surface area contributed by atoms with Crippen LogP contribution in [0.3, 0.4) is 0 Å². The van der Waals surface area contributed by atoms with Crippen molar-refractivity contribution in [3.8, 4) is 11.5 Å². The predicted molar refractivity (Wildman–Crippen MR) is 83.1 cm³/mol. The van der Waals surface area contributed by atoms with Crippen molar-refractivity contribution in [2.75, 3.05) is 20.8 Å². The molecule has 120 valence electrons. The molecule has 2 amide bonds. The summed E-state index contributed by atoms with van der Waals surface area (Å²) >= 11 is 0. The van der Waals surface area contributed by atoms with E-state index in [0.29, 0.717) is 23.6 Å². The number of para-hydroxylation sites is 1. The molecule has 1 aromatic rings. The van der Waals surface area contributed by atoms with Crippen molar-refractivity contribution in [3.05, 3.63) is 23.8 Å². The Kier molecular flexibility index (Phi) is 6.88. The number of hydrogen-bond donors (Lipinski definition) is 2. The largest absolute Gasteiger partial charge is 0.493 e. The number of ether oxygens (including phenoxy) is 2. The van der Waals surface area contributed by atoms with Gasteiger partial charge in [-0.15, -0.1) is 0 Å². The first-order chi connectivity index (χ1) is 10.5. The third-order valence-corrected chi connectivity index (χ3v) is 2.68. The first-order valence-corrected chi connectivity index (χ1v) is 6.81. The maximum Gasteiger partial charge on any atom is 0.329 e. The van der Waals surface area contributed by atoms with E-state index in [2.05, 4.69) is 15.8 Å². The lowest BCUT2D eigenvalue weighted by atomic mass is 10.2. The van der Waals surface area contributed by atoms with Crippen molar-refractivity contribution < 1.29 is 19.1 Å². The molecule has 0 bridgehead atoms. The summed E-state index contributed by atoms with van der Waals surface area (Å²) in [7, 11) is 3.03. The van der Waals surface area contributed by atoms with Gasteiger partial charge in [0.05, 0.1) is 20.4 Å². The number of nitrogens with one attached hydrogen (secondary N) is 2. The van der Waals surface area contributed by atoms with Gasteiger partial charge in [-0.2, -0.15) is 5.10 Å². The van der Waals surface area contributed by atoms with Gasteiger partial charge in [-0.05, 0) is 18.1 Å². The van der Waals surface area contributed by atoms with Crippen LogP contribution in [-0.4, -0.2) is 38.8 Å². The number of carbonyl (C=O) groups is 2. The van der Waals surface area contributed by atoms with Gasteiger partial charge in [-0.1, -0.05) is 19.9 Å². The van der Waals surface area contributed by atoms with Crippen LogP contribution in [0.4, 0.5) is 0 Å². The molecule has 0 atom stereocenters. The first-order valence-electron chi connectivity index (χ1n) is 6.81. The van der Waals surface area contributed by atoms with Gasteiger partial charge in [0.25, 0.3) is 0 Å². The third-order valence-electron chi connectivity index (χ3n) is 2.68. The van der Waals surface area contributed by atoms with Crippen LogP contribution < -0.4 is 20.2 Å². The second-order valence-corrected chi connectivity index (χ2v) is 4.89. The Bertz CT molecular complexity index is 556. The van der Waals surface area contributed by atoms with Gasteiger partial charge in [0.15, 0.2) is 11.5 Å². The van der Waals surface area contributed by atoms with E-state index in [9.17, 15) is 9.59 Å². The number of nitrogens with zero attached hydrogens (tertiary/aromatic N) is 1. The summed E-state index contributed by atoms with van der Waals surface area (Å²) in [5.74, 6) is -0.233. The van der Waals surface area contributed by atoms with Crippen LogP contribution >= 0.6 is 0 Å². The minimum Gasteiger partial charge on any atom is -0.493 e. The number of methoxy groups -OCH3 is 2. The van der Waals surface area contributed by atoms with Gasteiger partial charge in [0.2, 0.25) is 0 Å². The Labute approximate surface area is 129 Å². The molecule has 0 radical (unpaired) electrons. The van der Waals surface area contributed by atoms with Crippen LogP contribution in [0.5, 0.6) is 11.5 Å². The summed E-state index contributed by atoms with van der Waals surface area (Å²) in [5, 5.41) is 6.25. The van der Waals surface area contributed by atoms with E-state index in [1.807, 2.05) is 13.8 Å². The molecule has 0 aliphatic heterocycles. The smallest absolute Gasteiger partial charge is 0.329 e. The van der Waals surface area contributed by atoms with Gasteiger partial charge in [-0.3, -0.25) is 9.59 Å². The lowest BCUT2D eigenvalue weighted by molar-refractivity contribution is -0.139. The average molecular weight is 307 g/mol. The molecule has 0 aliphatic carbocycles. The molecule has 2 N–H and O–H groups in total. The molecule has 7 heteroatoms. The van der Waals surface area contributed by atoms with Crippen LogP contribution in [0.2, 0.25) is 0 Å². The molecule has 1 aromatic carbocycles. The van der Waals surface area contributed by atoms with Gasteiger partial charge in [0.1, 0.15) is 0 Å². The van der Waals surface area contributed by atoms with Crippen LogP contribution in [0, 0.1) is 5.92 Å². The number of hydrogen-bond acceptors (Lipinski definition) is 5. The molecule has 0 aliphatic rings. The molecule has 0 aromatic heterocycles. The zero-order valence-corrected chi connectivity index (χ0v) is 13.2. The highest BCUT2D eigenvalue weighted by molar-refractivity contribution is 6.35. The van der Waals surface area contributed by atoms with Crippen LogP contribution in [0.1, 0.15) is 19.4 Å². The minimum absolute atomic E-state index is 0.265. The van der Waals surface area contributed by atoms with Gasteiger partial charge >= 0.3 is 11.8 Å². The number of amides is 2. The van der Waals surface area contributed by atoms with Crippen molar-refractivity contribution in [3.63, 3.8) is 0 Å². The molecule has 7 nitrogen and oxygen atoms in total. The standard InChI is InChI=1S/C15H21N3O4/c1-10(2)8-16-14(19)15(20)18-17-9-11-6-5-7-12(21-3)13(11)22-4/h5-7,9-10H,8H2,1-4H3,(H,16,19)(H,18,20)/b17-9+. The Hall–Kier alpha value is -2.57. The van der Waals surface area contributed by atoms with Crippen molar-refractivity contribution in [1.82, 2.24) is 10.7 Å². The van der Waals surface area contributed by atoms with E-state index in [4.69, 9.17) is 9.47 Å². The highest BCUT2D eigenvalue weighted by atomic mass is 16.5. The van der Waals surface area contributed by atoms with Crippen LogP contribution in [0.15, 0.2) is 23.3 Å². The van der Waals surface area contributed by atoms with E-state index in [-0.39, 0.29) is 5.92 Å². The zero-order valence-electron chi connectivity index (χ0n) is 13.2. The molecule has 0 fully saturated rings.